The molecule has 0 atom stereocenters. The zero-order chi connectivity index (χ0) is 21.8. The summed E-state index contributed by atoms with van der Waals surface area (Å²) in [6, 6.07) is 15.6. The lowest BCUT2D eigenvalue weighted by Crippen LogP contribution is -2.13. The number of nitrogens with one attached hydrogen (secondary N) is 1. The molecule has 30 heavy (non-hydrogen) atoms. The standard InChI is InChI=1S/C23H25ClN4O2/c1-14(2)30-27-15(3)17-10-12-18(13-11-17)19-8-6-7-9-20(19)25-23(29)21-16(4)26-28(5)22(21)24/h6-14H,1-5H3,(H,25,29)/b27-15+. The van der Waals surface area contributed by atoms with E-state index in [1.807, 2.05) is 69.3 Å². The molecule has 1 amide bonds. The number of hydrogen-bond donors (Lipinski definition) is 1. The van der Waals surface area contributed by atoms with Gasteiger partial charge in [-0.1, -0.05) is 59.2 Å². The van der Waals surface area contributed by atoms with E-state index in [4.69, 9.17) is 16.4 Å². The predicted molar refractivity (Wildman–Crippen MR) is 121 cm³/mol. The van der Waals surface area contributed by atoms with Crippen LogP contribution >= 0.6 is 11.6 Å². The lowest BCUT2D eigenvalue weighted by Gasteiger charge is -2.12. The summed E-state index contributed by atoms with van der Waals surface area (Å²) in [6.07, 6.45) is 0.0340. The molecule has 0 aliphatic heterocycles. The van der Waals surface area contributed by atoms with Crippen LogP contribution in [0.1, 0.15) is 42.4 Å². The number of benzene rings is 2. The molecule has 0 aliphatic rings. The maximum atomic E-state index is 12.8. The molecule has 0 bridgehead atoms. The Balaban J connectivity index is 1.87. The number of oxime groups is 1. The number of para-hydroxylation sites is 1. The van der Waals surface area contributed by atoms with Gasteiger partial charge < -0.3 is 10.2 Å². The molecule has 2 aromatic carbocycles. The zero-order valence-electron chi connectivity index (χ0n) is 17.7. The molecule has 3 aromatic rings. The highest BCUT2D eigenvalue weighted by atomic mass is 35.5. The van der Waals surface area contributed by atoms with Crippen molar-refractivity contribution in [2.75, 3.05) is 5.32 Å². The van der Waals surface area contributed by atoms with Crippen molar-refractivity contribution in [1.29, 1.82) is 0 Å². The number of carbonyl (C=O) groups excluding carboxylic acids is 1. The molecule has 1 N–H and O–H groups in total. The highest BCUT2D eigenvalue weighted by Gasteiger charge is 2.20. The summed E-state index contributed by atoms with van der Waals surface area (Å²) in [7, 11) is 1.71. The van der Waals surface area contributed by atoms with E-state index in [9.17, 15) is 4.79 Å². The number of amides is 1. The number of carbonyl (C=O) groups is 1. The third-order valence-corrected chi connectivity index (χ3v) is 5.00. The van der Waals surface area contributed by atoms with Gasteiger partial charge in [0, 0.05) is 18.3 Å². The molecule has 0 saturated carbocycles. The van der Waals surface area contributed by atoms with Crippen LogP contribution in [-0.4, -0.2) is 27.5 Å². The first kappa shape index (κ1) is 21.6. The van der Waals surface area contributed by atoms with Crippen LogP contribution in [0.4, 0.5) is 5.69 Å². The second-order valence-electron chi connectivity index (χ2n) is 7.28. The molecule has 1 aromatic heterocycles. The third-order valence-electron chi connectivity index (χ3n) is 4.57. The lowest BCUT2D eigenvalue weighted by molar-refractivity contribution is 0.0860. The second kappa shape index (κ2) is 9.13. The van der Waals surface area contributed by atoms with E-state index in [0.29, 0.717) is 22.1 Å². The fourth-order valence-corrected chi connectivity index (χ4v) is 3.31. The Morgan fingerprint density at radius 3 is 2.43 bits per heavy atom. The number of hydrogen-bond acceptors (Lipinski definition) is 4. The number of aryl methyl sites for hydroxylation is 2. The Bertz CT molecular complexity index is 1090. The van der Waals surface area contributed by atoms with E-state index in [1.54, 1.807) is 14.0 Å². The lowest BCUT2D eigenvalue weighted by atomic mass is 10.0. The Kier molecular flexibility index (Phi) is 6.57. The van der Waals surface area contributed by atoms with Crippen LogP contribution in [0.15, 0.2) is 53.7 Å². The van der Waals surface area contributed by atoms with Gasteiger partial charge in [-0.15, -0.1) is 0 Å². The number of aromatic nitrogens is 2. The number of rotatable bonds is 6. The number of anilines is 1. The molecule has 7 heteroatoms. The van der Waals surface area contributed by atoms with Crippen LogP contribution in [0.3, 0.4) is 0 Å². The molecular weight excluding hydrogens is 400 g/mol. The van der Waals surface area contributed by atoms with Crippen molar-refractivity contribution in [3.63, 3.8) is 0 Å². The van der Waals surface area contributed by atoms with Gasteiger partial charge in [-0.2, -0.15) is 5.10 Å². The van der Waals surface area contributed by atoms with Gasteiger partial charge in [0.05, 0.1) is 17.0 Å². The van der Waals surface area contributed by atoms with Crippen molar-refractivity contribution in [2.45, 2.75) is 33.8 Å². The first-order valence-electron chi connectivity index (χ1n) is 9.68. The van der Waals surface area contributed by atoms with Gasteiger partial charge >= 0.3 is 0 Å². The van der Waals surface area contributed by atoms with Crippen molar-refractivity contribution in [3.05, 3.63) is 70.5 Å². The fraction of sp³-hybridized carbons (Fsp3) is 0.261. The molecule has 0 fully saturated rings. The highest BCUT2D eigenvalue weighted by molar-refractivity contribution is 6.33. The molecule has 0 aliphatic carbocycles. The van der Waals surface area contributed by atoms with Gasteiger partial charge in [0.1, 0.15) is 11.3 Å². The Morgan fingerprint density at radius 2 is 1.83 bits per heavy atom. The van der Waals surface area contributed by atoms with Crippen LogP contribution in [0.2, 0.25) is 5.15 Å². The molecule has 156 valence electrons. The summed E-state index contributed by atoms with van der Waals surface area (Å²) in [5.41, 5.74) is 5.31. The van der Waals surface area contributed by atoms with Crippen molar-refractivity contribution in [2.24, 2.45) is 12.2 Å². The maximum Gasteiger partial charge on any atom is 0.260 e. The van der Waals surface area contributed by atoms with E-state index in [2.05, 4.69) is 15.6 Å². The Morgan fingerprint density at radius 1 is 1.17 bits per heavy atom. The van der Waals surface area contributed by atoms with Gasteiger partial charge in [0.25, 0.3) is 5.91 Å². The summed E-state index contributed by atoms with van der Waals surface area (Å²) in [5, 5.41) is 11.6. The highest BCUT2D eigenvalue weighted by Crippen LogP contribution is 2.29. The van der Waals surface area contributed by atoms with Gasteiger partial charge in [0.15, 0.2) is 0 Å². The topological polar surface area (TPSA) is 68.5 Å². The van der Waals surface area contributed by atoms with Crippen LogP contribution in [0.25, 0.3) is 11.1 Å². The molecule has 0 radical (unpaired) electrons. The zero-order valence-corrected chi connectivity index (χ0v) is 18.5. The first-order valence-corrected chi connectivity index (χ1v) is 10.1. The summed E-state index contributed by atoms with van der Waals surface area (Å²) >= 11 is 6.24. The van der Waals surface area contributed by atoms with Crippen molar-refractivity contribution in [3.8, 4) is 11.1 Å². The van der Waals surface area contributed by atoms with E-state index >= 15 is 0 Å². The fourth-order valence-electron chi connectivity index (χ4n) is 3.04. The number of nitrogens with zero attached hydrogens (tertiary/aromatic N) is 3. The van der Waals surface area contributed by atoms with Crippen molar-refractivity contribution >= 4 is 28.9 Å². The average Bonchev–Trinajstić information content (AvgIpc) is 2.98. The van der Waals surface area contributed by atoms with Crippen LogP contribution in [0.5, 0.6) is 0 Å². The smallest absolute Gasteiger partial charge is 0.260 e. The van der Waals surface area contributed by atoms with Crippen LogP contribution in [-0.2, 0) is 11.9 Å². The summed E-state index contributed by atoms with van der Waals surface area (Å²) < 4.78 is 1.49. The van der Waals surface area contributed by atoms with E-state index < -0.39 is 0 Å². The summed E-state index contributed by atoms with van der Waals surface area (Å²) in [6.45, 7) is 7.54. The summed E-state index contributed by atoms with van der Waals surface area (Å²) in [5.74, 6) is -0.288. The molecule has 0 saturated heterocycles. The van der Waals surface area contributed by atoms with Crippen LogP contribution in [0, 0.1) is 6.92 Å². The molecule has 0 unspecified atom stereocenters. The van der Waals surface area contributed by atoms with Gasteiger partial charge in [-0.05, 0) is 44.9 Å². The maximum absolute atomic E-state index is 12.8. The van der Waals surface area contributed by atoms with E-state index in [-0.39, 0.29) is 12.0 Å². The predicted octanol–water partition coefficient (Wildman–Crippen LogP) is 5.45. The quantitative estimate of drug-likeness (QED) is 0.422. The number of halogens is 1. The second-order valence-corrected chi connectivity index (χ2v) is 7.64. The van der Waals surface area contributed by atoms with E-state index in [0.717, 1.165) is 22.4 Å². The van der Waals surface area contributed by atoms with Crippen LogP contribution < -0.4 is 5.32 Å². The normalized spacial score (nSPS) is 11.6. The molecule has 1 heterocycles. The molecular formula is C23H25ClN4O2. The minimum atomic E-state index is -0.288. The molecule has 3 rings (SSSR count). The largest absolute Gasteiger partial charge is 0.393 e. The first-order chi connectivity index (χ1) is 14.3. The Hall–Kier alpha value is -3.12. The van der Waals surface area contributed by atoms with Gasteiger partial charge in [-0.25, -0.2) is 0 Å². The van der Waals surface area contributed by atoms with E-state index in [1.165, 1.54) is 4.68 Å². The van der Waals surface area contributed by atoms with Gasteiger partial charge in [-0.3, -0.25) is 9.48 Å². The SMILES string of the molecule is C/C(=N\OC(C)C)c1ccc(-c2ccccc2NC(=O)c2c(C)nn(C)c2Cl)cc1. The van der Waals surface area contributed by atoms with Gasteiger partial charge in [0.2, 0.25) is 0 Å². The average molecular weight is 425 g/mol. The summed E-state index contributed by atoms with van der Waals surface area (Å²) in [4.78, 5) is 18.2. The minimum absolute atomic E-state index is 0.0340. The third kappa shape index (κ3) is 4.71. The monoisotopic (exact) mass is 424 g/mol. The molecule has 6 nitrogen and oxygen atoms in total. The molecule has 0 spiro atoms. The Labute approximate surface area is 181 Å². The minimum Gasteiger partial charge on any atom is -0.393 e. The van der Waals surface area contributed by atoms with Crippen molar-refractivity contribution in [1.82, 2.24) is 9.78 Å². The van der Waals surface area contributed by atoms with Crippen molar-refractivity contribution < 1.29 is 9.63 Å².